The van der Waals surface area contributed by atoms with Gasteiger partial charge in [-0.05, 0) is 73.4 Å². The molecule has 0 saturated carbocycles. The van der Waals surface area contributed by atoms with Gasteiger partial charge in [0, 0.05) is 18.1 Å². The predicted octanol–water partition coefficient (Wildman–Crippen LogP) is 4.78. The number of benzene rings is 3. The minimum Gasteiger partial charge on any atom is -0.497 e. The van der Waals surface area contributed by atoms with Crippen molar-refractivity contribution in [1.29, 1.82) is 0 Å². The van der Waals surface area contributed by atoms with Gasteiger partial charge in [0.25, 0.3) is 10.0 Å². The van der Waals surface area contributed by atoms with Gasteiger partial charge in [-0.1, -0.05) is 55.8 Å². The van der Waals surface area contributed by atoms with Gasteiger partial charge in [-0.15, -0.1) is 0 Å². The number of carbonyl (C=O) groups is 2. The maximum atomic E-state index is 13.9. The fourth-order valence-electron chi connectivity index (χ4n) is 4.03. The summed E-state index contributed by atoms with van der Waals surface area (Å²) in [7, 11) is -2.68. The molecule has 214 valence electrons. The molecule has 1 atom stereocenters. The van der Waals surface area contributed by atoms with Crippen molar-refractivity contribution < 1.29 is 22.7 Å². The second-order valence-electron chi connectivity index (χ2n) is 9.80. The molecular formula is C30H36ClN3O5S. The molecule has 0 aliphatic carbocycles. The van der Waals surface area contributed by atoms with E-state index >= 15 is 0 Å². The van der Waals surface area contributed by atoms with E-state index in [9.17, 15) is 18.0 Å². The van der Waals surface area contributed by atoms with Crippen molar-refractivity contribution in [2.75, 3.05) is 31.0 Å². The lowest BCUT2D eigenvalue weighted by atomic mass is 10.1. The molecule has 0 radical (unpaired) electrons. The first kappa shape index (κ1) is 31.0. The highest BCUT2D eigenvalue weighted by Gasteiger charge is 2.32. The minimum atomic E-state index is -4.17. The number of methoxy groups -OCH3 is 1. The van der Waals surface area contributed by atoms with E-state index in [-0.39, 0.29) is 29.0 Å². The van der Waals surface area contributed by atoms with Gasteiger partial charge < -0.3 is 15.0 Å². The summed E-state index contributed by atoms with van der Waals surface area (Å²) in [5, 5.41) is 3.31. The largest absolute Gasteiger partial charge is 0.497 e. The topological polar surface area (TPSA) is 96.0 Å². The second-order valence-corrected chi connectivity index (χ2v) is 12.1. The number of halogens is 1. The Morgan fingerprint density at radius 3 is 2.12 bits per heavy atom. The highest BCUT2D eigenvalue weighted by Crippen LogP contribution is 2.27. The molecule has 3 aromatic carbocycles. The van der Waals surface area contributed by atoms with Crippen molar-refractivity contribution in [2.24, 2.45) is 5.92 Å². The van der Waals surface area contributed by atoms with E-state index in [4.69, 9.17) is 16.3 Å². The average molecular weight is 586 g/mol. The number of hydrogen-bond acceptors (Lipinski definition) is 5. The van der Waals surface area contributed by atoms with Crippen LogP contribution in [0, 0.1) is 5.92 Å². The number of carbonyl (C=O) groups excluding carboxylic acids is 2. The SMILES string of the molecule is COc1ccc(S(=O)(=O)N(CC(=O)N(CCc2ccccc2)[C@H](C)C(=O)NCC(C)C)c2ccc(Cl)cc2)cc1. The van der Waals surface area contributed by atoms with Crippen molar-refractivity contribution in [2.45, 2.75) is 38.1 Å². The number of amides is 2. The van der Waals surface area contributed by atoms with Gasteiger partial charge in [0.05, 0.1) is 17.7 Å². The molecule has 0 fully saturated rings. The van der Waals surface area contributed by atoms with Crippen LogP contribution in [0.15, 0.2) is 83.8 Å². The molecule has 0 bridgehead atoms. The normalized spacial score (nSPS) is 12.1. The minimum absolute atomic E-state index is 0.00499. The molecule has 10 heteroatoms. The van der Waals surface area contributed by atoms with E-state index in [1.807, 2.05) is 44.2 Å². The summed E-state index contributed by atoms with van der Waals surface area (Å²) in [4.78, 5) is 28.3. The lowest BCUT2D eigenvalue weighted by Crippen LogP contribution is -2.52. The van der Waals surface area contributed by atoms with Crippen LogP contribution in [-0.2, 0) is 26.0 Å². The van der Waals surface area contributed by atoms with Crippen LogP contribution in [0.3, 0.4) is 0 Å². The van der Waals surface area contributed by atoms with Gasteiger partial charge in [-0.3, -0.25) is 13.9 Å². The molecule has 40 heavy (non-hydrogen) atoms. The molecule has 1 N–H and O–H groups in total. The number of nitrogens with one attached hydrogen (secondary N) is 1. The van der Waals surface area contributed by atoms with Crippen LogP contribution in [0.1, 0.15) is 26.3 Å². The first-order valence-electron chi connectivity index (χ1n) is 13.1. The van der Waals surface area contributed by atoms with Crippen molar-refractivity contribution in [3.05, 3.63) is 89.4 Å². The third-order valence-corrected chi connectivity index (χ3v) is 8.42. The summed E-state index contributed by atoms with van der Waals surface area (Å²) in [6.45, 7) is 5.81. The standard InChI is InChI=1S/C30H36ClN3O5S/c1-22(2)20-32-30(36)23(3)33(19-18-24-8-6-5-7-9-24)29(35)21-34(26-12-10-25(31)11-13-26)40(37,38)28-16-14-27(39-4)15-17-28/h5-17,22-23H,18-21H2,1-4H3,(H,32,36)/t23-/m1/s1. The van der Waals surface area contributed by atoms with E-state index in [2.05, 4.69) is 5.32 Å². The Morgan fingerprint density at radius 1 is 0.925 bits per heavy atom. The zero-order valence-electron chi connectivity index (χ0n) is 23.2. The van der Waals surface area contributed by atoms with Gasteiger partial charge >= 0.3 is 0 Å². The fourth-order valence-corrected chi connectivity index (χ4v) is 5.57. The summed E-state index contributed by atoms with van der Waals surface area (Å²) < 4.78 is 33.9. The summed E-state index contributed by atoms with van der Waals surface area (Å²) in [5.74, 6) is -0.0672. The van der Waals surface area contributed by atoms with Crippen LogP contribution in [0.25, 0.3) is 0 Å². The second kappa shape index (κ2) is 14.2. The van der Waals surface area contributed by atoms with Crippen LogP contribution in [0.2, 0.25) is 5.02 Å². The summed E-state index contributed by atoms with van der Waals surface area (Å²) >= 11 is 6.06. The molecule has 3 aromatic rings. The average Bonchev–Trinajstić information content (AvgIpc) is 2.95. The molecule has 0 saturated heterocycles. The van der Waals surface area contributed by atoms with E-state index < -0.39 is 28.5 Å². The summed E-state index contributed by atoms with van der Waals surface area (Å²) in [5.41, 5.74) is 1.27. The van der Waals surface area contributed by atoms with Crippen LogP contribution >= 0.6 is 11.6 Å². The van der Waals surface area contributed by atoms with Gasteiger partial charge in [-0.2, -0.15) is 0 Å². The third kappa shape index (κ3) is 8.22. The van der Waals surface area contributed by atoms with Gasteiger partial charge in [0.15, 0.2) is 0 Å². The Kier molecular flexibility index (Phi) is 11.0. The lowest BCUT2D eigenvalue weighted by Gasteiger charge is -2.32. The van der Waals surface area contributed by atoms with Crippen molar-refractivity contribution >= 4 is 39.1 Å². The Labute approximate surface area is 241 Å². The molecule has 8 nitrogen and oxygen atoms in total. The third-order valence-electron chi connectivity index (χ3n) is 6.38. The van der Waals surface area contributed by atoms with E-state index in [0.717, 1.165) is 9.87 Å². The van der Waals surface area contributed by atoms with Gasteiger partial charge in [-0.25, -0.2) is 8.42 Å². The molecule has 0 unspecified atom stereocenters. The molecule has 0 aliphatic heterocycles. The Bertz CT molecular complexity index is 1360. The monoisotopic (exact) mass is 585 g/mol. The van der Waals surface area contributed by atoms with Crippen LogP contribution < -0.4 is 14.4 Å². The molecule has 3 rings (SSSR count). The molecule has 0 aromatic heterocycles. The number of nitrogens with zero attached hydrogens (tertiary/aromatic N) is 2. The zero-order chi connectivity index (χ0) is 29.3. The quantitative estimate of drug-likeness (QED) is 0.312. The maximum Gasteiger partial charge on any atom is 0.264 e. The van der Waals surface area contributed by atoms with E-state index in [0.29, 0.717) is 23.7 Å². The molecule has 0 heterocycles. The Hall–Kier alpha value is -3.56. The predicted molar refractivity (Wildman–Crippen MR) is 158 cm³/mol. The zero-order valence-corrected chi connectivity index (χ0v) is 24.8. The summed E-state index contributed by atoms with van der Waals surface area (Å²) in [6, 6.07) is 21.0. The van der Waals surface area contributed by atoms with E-state index in [1.54, 1.807) is 43.3 Å². The highest BCUT2D eigenvalue weighted by atomic mass is 35.5. The number of rotatable bonds is 13. The maximum absolute atomic E-state index is 13.9. The van der Waals surface area contributed by atoms with E-state index in [1.165, 1.54) is 24.1 Å². The number of anilines is 1. The van der Waals surface area contributed by atoms with Gasteiger partial charge in [0.2, 0.25) is 11.8 Å². The fraction of sp³-hybridized carbons (Fsp3) is 0.333. The lowest BCUT2D eigenvalue weighted by molar-refractivity contribution is -0.138. The van der Waals surface area contributed by atoms with Crippen LogP contribution in [0.5, 0.6) is 5.75 Å². The number of sulfonamides is 1. The molecule has 0 aliphatic rings. The van der Waals surface area contributed by atoms with Crippen molar-refractivity contribution in [1.82, 2.24) is 10.2 Å². The smallest absolute Gasteiger partial charge is 0.264 e. The van der Waals surface area contributed by atoms with Crippen LogP contribution in [-0.4, -0.2) is 57.9 Å². The first-order chi connectivity index (χ1) is 19.0. The van der Waals surface area contributed by atoms with Crippen LogP contribution in [0.4, 0.5) is 5.69 Å². The Balaban J connectivity index is 1.95. The van der Waals surface area contributed by atoms with Crippen molar-refractivity contribution in [3.8, 4) is 5.75 Å². The highest BCUT2D eigenvalue weighted by molar-refractivity contribution is 7.92. The Morgan fingerprint density at radius 2 is 1.55 bits per heavy atom. The number of hydrogen-bond donors (Lipinski definition) is 1. The molecule has 0 spiro atoms. The van der Waals surface area contributed by atoms with Gasteiger partial charge in [0.1, 0.15) is 18.3 Å². The van der Waals surface area contributed by atoms with Crippen molar-refractivity contribution in [3.63, 3.8) is 0 Å². The number of ether oxygens (including phenoxy) is 1. The molecular weight excluding hydrogens is 550 g/mol. The first-order valence-corrected chi connectivity index (χ1v) is 14.9. The molecule has 2 amide bonds. The summed E-state index contributed by atoms with van der Waals surface area (Å²) in [6.07, 6.45) is 0.501.